The second-order valence-corrected chi connectivity index (χ2v) is 4.10. The Kier molecular flexibility index (Phi) is 1.92. The van der Waals surface area contributed by atoms with Crippen molar-refractivity contribution in [1.82, 2.24) is 14.6 Å². The highest BCUT2D eigenvalue weighted by atomic mass is 16.4. The minimum absolute atomic E-state index is 0.264. The van der Waals surface area contributed by atoms with Gasteiger partial charge in [-0.05, 0) is 18.8 Å². The molecule has 0 aromatic carbocycles. The minimum Gasteiger partial charge on any atom is -0.476 e. The van der Waals surface area contributed by atoms with Gasteiger partial charge in [0, 0.05) is 17.8 Å². The molecule has 0 atom stereocenters. The van der Waals surface area contributed by atoms with Crippen molar-refractivity contribution in [3.05, 3.63) is 29.7 Å². The first-order chi connectivity index (χ1) is 7.77. The van der Waals surface area contributed by atoms with E-state index in [4.69, 9.17) is 0 Å². The Morgan fingerprint density at radius 3 is 2.94 bits per heavy atom. The minimum atomic E-state index is -0.932. The normalized spacial score (nSPS) is 16.2. The Bertz CT molecular complexity index is 557. The molecule has 0 saturated heterocycles. The molecule has 2 aromatic rings. The average Bonchev–Trinajstić information content (AvgIpc) is 2.61. The van der Waals surface area contributed by atoms with Crippen molar-refractivity contribution >= 4 is 11.6 Å². The fourth-order valence-electron chi connectivity index (χ4n) is 2.12. The van der Waals surface area contributed by atoms with E-state index < -0.39 is 5.97 Å². The summed E-state index contributed by atoms with van der Waals surface area (Å²) in [6, 6.07) is 1.71. The van der Waals surface area contributed by atoms with Gasteiger partial charge in [0.2, 0.25) is 0 Å². The lowest BCUT2D eigenvalue weighted by Gasteiger charge is -2.26. The second-order valence-electron chi connectivity index (χ2n) is 4.10. The van der Waals surface area contributed by atoms with Gasteiger partial charge in [0.15, 0.2) is 11.3 Å². The molecule has 3 rings (SSSR count). The van der Waals surface area contributed by atoms with E-state index in [0.29, 0.717) is 11.6 Å². The van der Waals surface area contributed by atoms with Crippen molar-refractivity contribution in [3.63, 3.8) is 0 Å². The molecule has 0 radical (unpaired) electrons. The molecule has 0 bridgehead atoms. The van der Waals surface area contributed by atoms with Gasteiger partial charge in [-0.1, -0.05) is 6.42 Å². The molecule has 1 saturated carbocycles. The van der Waals surface area contributed by atoms with Crippen LogP contribution in [0.25, 0.3) is 5.65 Å². The summed E-state index contributed by atoms with van der Waals surface area (Å²) in [6.07, 6.45) is 6.52. The van der Waals surface area contributed by atoms with E-state index in [1.165, 1.54) is 10.9 Å². The van der Waals surface area contributed by atoms with E-state index in [1.807, 2.05) is 0 Å². The van der Waals surface area contributed by atoms with Crippen molar-refractivity contribution in [2.45, 2.75) is 25.2 Å². The number of carboxylic acids is 1. The Balaban J connectivity index is 2.25. The zero-order valence-electron chi connectivity index (χ0n) is 8.63. The molecule has 0 aliphatic heterocycles. The number of hydrogen-bond acceptors (Lipinski definition) is 3. The van der Waals surface area contributed by atoms with Gasteiger partial charge < -0.3 is 5.11 Å². The number of carboxylic acid groups (broad SMARTS) is 1. The maximum atomic E-state index is 11.3. The molecule has 1 aliphatic rings. The standard InChI is InChI=1S/C11H11N3O2/c15-11(16)10-8(7-2-1-3-7)6-12-9-4-5-13-14(9)10/h4-7H,1-3H2,(H,15,16). The number of hydrogen-bond donors (Lipinski definition) is 1. The third-order valence-corrected chi connectivity index (χ3v) is 3.19. The van der Waals surface area contributed by atoms with E-state index >= 15 is 0 Å². The molecule has 0 spiro atoms. The number of aromatic nitrogens is 3. The van der Waals surface area contributed by atoms with Gasteiger partial charge >= 0.3 is 5.97 Å². The van der Waals surface area contributed by atoms with Crippen LogP contribution in [0.3, 0.4) is 0 Å². The highest BCUT2D eigenvalue weighted by Crippen LogP contribution is 2.37. The first kappa shape index (κ1) is 9.33. The summed E-state index contributed by atoms with van der Waals surface area (Å²) in [4.78, 5) is 15.5. The summed E-state index contributed by atoms with van der Waals surface area (Å²) in [5, 5.41) is 13.3. The van der Waals surface area contributed by atoms with Crippen LogP contribution < -0.4 is 0 Å². The number of rotatable bonds is 2. The molecule has 1 aliphatic carbocycles. The largest absolute Gasteiger partial charge is 0.476 e. The summed E-state index contributed by atoms with van der Waals surface area (Å²) in [5.41, 5.74) is 1.66. The van der Waals surface area contributed by atoms with Crippen LogP contribution in [0, 0.1) is 0 Å². The monoisotopic (exact) mass is 217 g/mol. The van der Waals surface area contributed by atoms with Crippen LogP contribution in [-0.2, 0) is 0 Å². The lowest BCUT2D eigenvalue weighted by atomic mass is 9.80. The number of fused-ring (bicyclic) bond motifs is 1. The summed E-state index contributed by atoms with van der Waals surface area (Å²) < 4.78 is 1.41. The lowest BCUT2D eigenvalue weighted by Crippen LogP contribution is -2.18. The molecule has 5 heteroatoms. The molecular formula is C11H11N3O2. The highest BCUT2D eigenvalue weighted by Gasteiger charge is 2.27. The first-order valence-electron chi connectivity index (χ1n) is 5.33. The molecule has 2 aromatic heterocycles. The van der Waals surface area contributed by atoms with Gasteiger partial charge in [-0.3, -0.25) is 0 Å². The van der Waals surface area contributed by atoms with Crippen molar-refractivity contribution in [2.24, 2.45) is 0 Å². The molecule has 0 unspecified atom stereocenters. The zero-order chi connectivity index (χ0) is 11.1. The van der Waals surface area contributed by atoms with Crippen molar-refractivity contribution in [3.8, 4) is 0 Å². The zero-order valence-corrected chi connectivity index (χ0v) is 8.63. The van der Waals surface area contributed by atoms with Gasteiger partial charge in [-0.25, -0.2) is 14.3 Å². The number of carbonyl (C=O) groups is 1. The topological polar surface area (TPSA) is 67.5 Å². The third kappa shape index (κ3) is 1.21. The van der Waals surface area contributed by atoms with Crippen LogP contribution in [0.5, 0.6) is 0 Å². The summed E-state index contributed by atoms with van der Waals surface area (Å²) >= 11 is 0. The van der Waals surface area contributed by atoms with Crippen LogP contribution in [0.4, 0.5) is 0 Å². The first-order valence-corrected chi connectivity index (χ1v) is 5.33. The van der Waals surface area contributed by atoms with Gasteiger partial charge in [0.1, 0.15) is 0 Å². The Morgan fingerprint density at radius 1 is 1.50 bits per heavy atom. The molecule has 2 heterocycles. The fourth-order valence-corrected chi connectivity index (χ4v) is 2.12. The highest BCUT2D eigenvalue weighted by molar-refractivity contribution is 5.88. The van der Waals surface area contributed by atoms with E-state index in [0.717, 1.165) is 18.4 Å². The molecule has 1 N–H and O–H groups in total. The quantitative estimate of drug-likeness (QED) is 0.831. The molecule has 1 fully saturated rings. The van der Waals surface area contributed by atoms with Crippen LogP contribution >= 0.6 is 0 Å². The second kappa shape index (κ2) is 3.30. The molecular weight excluding hydrogens is 206 g/mol. The summed E-state index contributed by atoms with van der Waals surface area (Å²) in [5.74, 6) is -0.592. The van der Waals surface area contributed by atoms with Gasteiger partial charge in [-0.2, -0.15) is 5.10 Å². The van der Waals surface area contributed by atoms with Crippen LogP contribution in [-0.4, -0.2) is 25.7 Å². The number of nitrogens with zero attached hydrogens (tertiary/aromatic N) is 3. The van der Waals surface area contributed by atoms with Crippen molar-refractivity contribution in [2.75, 3.05) is 0 Å². The van der Waals surface area contributed by atoms with Crippen LogP contribution in [0.1, 0.15) is 41.2 Å². The summed E-state index contributed by atoms with van der Waals surface area (Å²) in [7, 11) is 0. The number of aromatic carboxylic acids is 1. The van der Waals surface area contributed by atoms with Gasteiger partial charge in [0.25, 0.3) is 0 Å². The van der Waals surface area contributed by atoms with Crippen LogP contribution in [0.2, 0.25) is 0 Å². The molecule has 0 amide bonds. The van der Waals surface area contributed by atoms with Gasteiger partial charge in [-0.15, -0.1) is 0 Å². The Hall–Kier alpha value is -1.91. The lowest BCUT2D eigenvalue weighted by molar-refractivity contribution is 0.0684. The van der Waals surface area contributed by atoms with Crippen molar-refractivity contribution in [1.29, 1.82) is 0 Å². The van der Waals surface area contributed by atoms with Crippen molar-refractivity contribution < 1.29 is 9.90 Å². The Labute approximate surface area is 91.7 Å². The predicted octanol–water partition coefficient (Wildman–Crippen LogP) is 1.69. The van der Waals surface area contributed by atoms with Gasteiger partial charge in [0.05, 0.1) is 6.20 Å². The SMILES string of the molecule is O=C(O)c1c(C2CCC2)cnc2ccnn12. The Morgan fingerprint density at radius 2 is 2.31 bits per heavy atom. The molecule has 16 heavy (non-hydrogen) atoms. The predicted molar refractivity (Wildman–Crippen MR) is 56.5 cm³/mol. The maximum absolute atomic E-state index is 11.3. The maximum Gasteiger partial charge on any atom is 0.354 e. The van der Waals surface area contributed by atoms with Crippen LogP contribution in [0.15, 0.2) is 18.5 Å². The fraction of sp³-hybridized carbons (Fsp3) is 0.364. The average molecular weight is 217 g/mol. The third-order valence-electron chi connectivity index (χ3n) is 3.19. The van der Waals surface area contributed by atoms with E-state index in [2.05, 4.69) is 10.1 Å². The molecule has 5 nitrogen and oxygen atoms in total. The summed E-state index contributed by atoms with van der Waals surface area (Å²) in [6.45, 7) is 0. The molecule has 82 valence electrons. The smallest absolute Gasteiger partial charge is 0.354 e. The van der Waals surface area contributed by atoms with E-state index in [1.54, 1.807) is 18.5 Å². The van der Waals surface area contributed by atoms with E-state index in [9.17, 15) is 9.90 Å². The van der Waals surface area contributed by atoms with E-state index in [-0.39, 0.29) is 5.69 Å².